The number of aliphatic carboxylic acids is 1. The van der Waals surface area contributed by atoms with Crippen molar-refractivity contribution in [2.24, 2.45) is 0 Å². The number of alkyl carbamates (subject to hydrolysis) is 1. The zero-order chi connectivity index (χ0) is 16.9. The van der Waals surface area contributed by atoms with Crippen LogP contribution < -0.4 is 10.1 Å². The number of carbonyl (C=O) groups is 2. The van der Waals surface area contributed by atoms with Gasteiger partial charge in [0.2, 0.25) is 0 Å². The normalized spacial score (nSPS) is 12.4. The molecule has 0 spiro atoms. The van der Waals surface area contributed by atoms with Crippen molar-refractivity contribution < 1.29 is 29.3 Å². The number of carboxylic acids is 1. The van der Waals surface area contributed by atoms with Crippen molar-refractivity contribution in [3.05, 3.63) is 23.8 Å². The summed E-state index contributed by atoms with van der Waals surface area (Å²) in [6.45, 7) is 5.06. The Hall–Kier alpha value is -2.44. The lowest BCUT2D eigenvalue weighted by molar-refractivity contribution is -0.139. The van der Waals surface area contributed by atoms with Crippen molar-refractivity contribution in [2.45, 2.75) is 38.8 Å². The third kappa shape index (κ3) is 5.51. The number of hydrogen-bond donors (Lipinski definition) is 3. The Morgan fingerprint density at radius 3 is 2.45 bits per heavy atom. The molecule has 122 valence electrons. The molecule has 0 unspecified atom stereocenters. The number of ether oxygens (including phenoxy) is 2. The van der Waals surface area contributed by atoms with Gasteiger partial charge in [0.25, 0.3) is 0 Å². The number of amides is 1. The quantitative estimate of drug-likeness (QED) is 0.767. The number of aromatic hydroxyl groups is 1. The van der Waals surface area contributed by atoms with E-state index < -0.39 is 23.7 Å². The number of methoxy groups -OCH3 is 1. The first-order chi connectivity index (χ1) is 10.1. The second-order valence-corrected chi connectivity index (χ2v) is 5.74. The van der Waals surface area contributed by atoms with E-state index in [1.54, 1.807) is 26.8 Å². The number of phenolic OH excluding ortho intramolecular Hbond substituents is 1. The zero-order valence-electron chi connectivity index (χ0n) is 13.0. The molecule has 0 aliphatic rings. The van der Waals surface area contributed by atoms with Crippen LogP contribution in [0.1, 0.15) is 26.3 Å². The lowest BCUT2D eigenvalue weighted by Crippen LogP contribution is -2.44. The number of phenols is 1. The fourth-order valence-electron chi connectivity index (χ4n) is 1.77. The van der Waals surface area contributed by atoms with E-state index in [0.29, 0.717) is 11.3 Å². The highest BCUT2D eigenvalue weighted by Crippen LogP contribution is 2.25. The molecule has 0 saturated heterocycles. The van der Waals surface area contributed by atoms with Crippen LogP contribution in [0.25, 0.3) is 0 Å². The number of rotatable bonds is 5. The molecule has 1 aromatic rings. The maximum absolute atomic E-state index is 11.7. The highest BCUT2D eigenvalue weighted by molar-refractivity contribution is 5.80. The second kappa shape index (κ2) is 7.02. The average Bonchev–Trinajstić information content (AvgIpc) is 2.37. The molecule has 0 bridgehead atoms. The molecule has 0 saturated carbocycles. The molecule has 1 amide bonds. The van der Waals surface area contributed by atoms with E-state index in [2.05, 4.69) is 5.32 Å². The van der Waals surface area contributed by atoms with Gasteiger partial charge in [-0.3, -0.25) is 0 Å². The summed E-state index contributed by atoms with van der Waals surface area (Å²) in [5.74, 6) is -0.842. The minimum Gasteiger partial charge on any atom is -0.508 e. The Bertz CT molecular complexity index is 549. The van der Waals surface area contributed by atoms with Crippen LogP contribution in [0.2, 0.25) is 0 Å². The molecule has 7 heteroatoms. The SMILES string of the molecule is COc1cc(O)ccc1C[C@@H](NC(=O)OC(C)(C)C)C(=O)O. The van der Waals surface area contributed by atoms with Gasteiger partial charge in [-0.15, -0.1) is 0 Å². The smallest absolute Gasteiger partial charge is 0.408 e. The van der Waals surface area contributed by atoms with E-state index in [1.807, 2.05) is 0 Å². The summed E-state index contributed by atoms with van der Waals surface area (Å²) in [5, 5.41) is 20.9. The van der Waals surface area contributed by atoms with Crippen molar-refractivity contribution >= 4 is 12.1 Å². The molecule has 1 atom stereocenters. The third-order valence-electron chi connectivity index (χ3n) is 2.68. The summed E-state index contributed by atoms with van der Waals surface area (Å²) in [6.07, 6.45) is -0.810. The third-order valence-corrected chi connectivity index (χ3v) is 2.68. The molecule has 0 aliphatic carbocycles. The van der Waals surface area contributed by atoms with Gasteiger partial charge in [0.1, 0.15) is 23.1 Å². The van der Waals surface area contributed by atoms with Crippen molar-refractivity contribution in [1.82, 2.24) is 5.32 Å². The summed E-state index contributed by atoms with van der Waals surface area (Å²) in [4.78, 5) is 23.0. The van der Waals surface area contributed by atoms with E-state index in [1.165, 1.54) is 19.2 Å². The number of hydrogen-bond acceptors (Lipinski definition) is 5. The van der Waals surface area contributed by atoms with Crippen LogP contribution in [0.3, 0.4) is 0 Å². The Kier molecular flexibility index (Phi) is 5.62. The molecule has 0 heterocycles. The predicted octanol–water partition coefficient (Wildman–Crippen LogP) is 1.92. The van der Waals surface area contributed by atoms with Gasteiger partial charge in [-0.2, -0.15) is 0 Å². The minimum absolute atomic E-state index is 0.00195. The van der Waals surface area contributed by atoms with Gasteiger partial charge in [0.15, 0.2) is 0 Å². The molecule has 22 heavy (non-hydrogen) atoms. The highest BCUT2D eigenvalue weighted by atomic mass is 16.6. The van der Waals surface area contributed by atoms with Crippen molar-refractivity contribution in [3.8, 4) is 11.5 Å². The summed E-state index contributed by atoms with van der Waals surface area (Å²) < 4.78 is 10.1. The van der Waals surface area contributed by atoms with Crippen LogP contribution in [0.4, 0.5) is 4.79 Å². The van der Waals surface area contributed by atoms with Crippen LogP contribution in [0.5, 0.6) is 11.5 Å². The van der Waals surface area contributed by atoms with Crippen LogP contribution in [0.15, 0.2) is 18.2 Å². The summed E-state index contributed by atoms with van der Waals surface area (Å²) in [7, 11) is 1.41. The van der Waals surface area contributed by atoms with Gasteiger partial charge in [-0.1, -0.05) is 6.07 Å². The van der Waals surface area contributed by atoms with Crippen molar-refractivity contribution in [1.29, 1.82) is 0 Å². The van der Waals surface area contributed by atoms with Crippen LogP contribution in [-0.4, -0.2) is 41.0 Å². The van der Waals surface area contributed by atoms with Gasteiger partial charge in [0, 0.05) is 12.5 Å². The zero-order valence-corrected chi connectivity index (χ0v) is 13.0. The van der Waals surface area contributed by atoms with Gasteiger partial charge in [0.05, 0.1) is 7.11 Å². The average molecular weight is 311 g/mol. The molecule has 1 aromatic carbocycles. The van der Waals surface area contributed by atoms with Gasteiger partial charge in [-0.25, -0.2) is 9.59 Å². The highest BCUT2D eigenvalue weighted by Gasteiger charge is 2.25. The molecule has 7 nitrogen and oxygen atoms in total. The van der Waals surface area contributed by atoms with Crippen molar-refractivity contribution in [2.75, 3.05) is 7.11 Å². The first-order valence-corrected chi connectivity index (χ1v) is 6.70. The Morgan fingerprint density at radius 1 is 1.32 bits per heavy atom. The van der Waals surface area contributed by atoms with Gasteiger partial charge in [-0.05, 0) is 32.4 Å². The lowest BCUT2D eigenvalue weighted by Gasteiger charge is -2.22. The molecule has 0 aromatic heterocycles. The molecule has 3 N–H and O–H groups in total. The minimum atomic E-state index is -1.19. The predicted molar refractivity (Wildman–Crippen MR) is 79.2 cm³/mol. The largest absolute Gasteiger partial charge is 0.508 e. The Labute approximate surface area is 128 Å². The van der Waals surface area contributed by atoms with E-state index in [-0.39, 0.29) is 12.2 Å². The van der Waals surface area contributed by atoms with E-state index in [4.69, 9.17) is 9.47 Å². The van der Waals surface area contributed by atoms with E-state index in [9.17, 15) is 19.8 Å². The lowest BCUT2D eigenvalue weighted by atomic mass is 10.0. The van der Waals surface area contributed by atoms with Crippen molar-refractivity contribution in [3.63, 3.8) is 0 Å². The maximum Gasteiger partial charge on any atom is 0.408 e. The van der Waals surface area contributed by atoms with Crippen LogP contribution in [-0.2, 0) is 16.0 Å². The molecular formula is C15H21NO6. The fourth-order valence-corrected chi connectivity index (χ4v) is 1.77. The monoisotopic (exact) mass is 311 g/mol. The van der Waals surface area contributed by atoms with Crippen LogP contribution >= 0.6 is 0 Å². The maximum atomic E-state index is 11.7. The van der Waals surface area contributed by atoms with E-state index >= 15 is 0 Å². The molecular weight excluding hydrogens is 290 g/mol. The van der Waals surface area contributed by atoms with Crippen LogP contribution in [0, 0.1) is 0 Å². The summed E-state index contributed by atoms with van der Waals surface area (Å²) in [6, 6.07) is 3.17. The molecule has 0 fully saturated rings. The van der Waals surface area contributed by atoms with E-state index in [0.717, 1.165) is 0 Å². The molecule has 0 radical (unpaired) electrons. The second-order valence-electron chi connectivity index (χ2n) is 5.74. The fraction of sp³-hybridized carbons (Fsp3) is 0.467. The molecule has 1 rings (SSSR count). The number of benzene rings is 1. The summed E-state index contributed by atoms with van der Waals surface area (Å²) >= 11 is 0. The topological polar surface area (TPSA) is 105 Å². The van der Waals surface area contributed by atoms with Gasteiger partial charge >= 0.3 is 12.1 Å². The number of carboxylic acid groups (broad SMARTS) is 1. The Morgan fingerprint density at radius 2 is 1.95 bits per heavy atom. The summed E-state index contributed by atoms with van der Waals surface area (Å²) in [5.41, 5.74) is -0.174. The number of nitrogens with one attached hydrogen (secondary N) is 1. The number of carbonyl (C=O) groups excluding carboxylic acids is 1. The first-order valence-electron chi connectivity index (χ1n) is 6.70. The van der Waals surface area contributed by atoms with Gasteiger partial charge < -0.3 is 25.0 Å². The molecule has 0 aliphatic heterocycles. The Balaban J connectivity index is 2.85. The first kappa shape index (κ1) is 17.6. The standard InChI is InChI=1S/C15H21NO6/c1-15(2,3)22-14(20)16-11(13(18)19)7-9-5-6-10(17)8-12(9)21-4/h5-6,8,11,17H,7H2,1-4H3,(H,16,20)(H,18,19)/t11-/m1/s1.